The van der Waals surface area contributed by atoms with Crippen LogP contribution in [0.1, 0.15) is 111 Å². The second kappa shape index (κ2) is 17.3. The number of benzene rings is 4. The van der Waals surface area contributed by atoms with Crippen LogP contribution in [0.3, 0.4) is 0 Å². The van der Waals surface area contributed by atoms with E-state index < -0.39 is 55.4 Å². The molecule has 6 rings (SSSR count). The van der Waals surface area contributed by atoms with E-state index >= 15 is 0 Å². The molecule has 296 valence electrons. The van der Waals surface area contributed by atoms with Crippen molar-refractivity contribution in [2.75, 3.05) is 0 Å². The first kappa shape index (κ1) is 41.9. The average Bonchev–Trinajstić information content (AvgIpc) is 3.10. The molecule has 0 aliphatic heterocycles. The van der Waals surface area contributed by atoms with Gasteiger partial charge in [-0.05, 0) is 122 Å². The fourth-order valence-electron chi connectivity index (χ4n) is 7.22. The standard InChI is InChI=1S/C20H20BrF5O.C20H21F5O2/c1-11(21)13-3-2-12-4-9-17(18(19(22)23)16(12)10-13)27-15-7-5-14(6-8-15)20(24,25)26;1-11(26)13-3-2-12-4-9-17(18(19(21)22)16(12)10-13)27-15-7-5-14(6-8-15)20(23,24)25/h2-4,9-11,14-15,19H,5-8H2,1H3;2-4,9-11,14-15,19,26H,5-8H2,1H3. The minimum absolute atomic E-state index is 0.00398. The van der Waals surface area contributed by atoms with E-state index in [1.54, 1.807) is 43.3 Å². The van der Waals surface area contributed by atoms with Crippen molar-refractivity contribution in [3.05, 3.63) is 82.9 Å². The molecule has 2 unspecified atom stereocenters. The van der Waals surface area contributed by atoms with Gasteiger partial charge < -0.3 is 14.6 Å². The van der Waals surface area contributed by atoms with Crippen LogP contribution in [-0.2, 0) is 0 Å². The maximum atomic E-state index is 13.8. The van der Waals surface area contributed by atoms with E-state index in [9.17, 15) is 49.0 Å². The minimum Gasteiger partial charge on any atom is -0.490 e. The van der Waals surface area contributed by atoms with E-state index in [-0.39, 0.29) is 84.2 Å². The molecule has 4 aromatic carbocycles. The molecule has 0 amide bonds. The van der Waals surface area contributed by atoms with Crippen LogP contribution in [0.2, 0.25) is 0 Å². The van der Waals surface area contributed by atoms with Gasteiger partial charge in [0.2, 0.25) is 0 Å². The molecule has 0 saturated heterocycles. The van der Waals surface area contributed by atoms with Gasteiger partial charge in [-0.2, -0.15) is 26.3 Å². The fraction of sp³-hybridized carbons (Fsp3) is 0.500. The van der Waals surface area contributed by atoms with Crippen LogP contribution in [0.5, 0.6) is 11.5 Å². The van der Waals surface area contributed by atoms with Crippen molar-refractivity contribution in [3.8, 4) is 11.5 Å². The Morgan fingerprint density at radius 1 is 0.574 bits per heavy atom. The summed E-state index contributed by atoms with van der Waals surface area (Å²) in [5.41, 5.74) is 0.896. The molecule has 4 aromatic rings. The summed E-state index contributed by atoms with van der Waals surface area (Å²) in [6.07, 6.45) is -15.2. The molecule has 0 radical (unpaired) electrons. The third-order valence-electron chi connectivity index (χ3n) is 10.3. The van der Waals surface area contributed by atoms with E-state index in [4.69, 9.17) is 9.47 Å². The summed E-state index contributed by atoms with van der Waals surface area (Å²) in [4.78, 5) is 0.00893. The highest BCUT2D eigenvalue weighted by Crippen LogP contribution is 2.44. The normalized spacial score (nSPS) is 22.2. The number of fused-ring (bicyclic) bond motifs is 2. The zero-order valence-electron chi connectivity index (χ0n) is 29.5. The van der Waals surface area contributed by atoms with Crippen molar-refractivity contribution in [1.29, 1.82) is 0 Å². The molecule has 2 aliphatic rings. The Kier molecular flexibility index (Phi) is 13.4. The molecule has 3 nitrogen and oxygen atoms in total. The first-order valence-corrected chi connectivity index (χ1v) is 18.7. The number of hydrogen-bond acceptors (Lipinski definition) is 3. The third-order valence-corrected chi connectivity index (χ3v) is 10.9. The first-order chi connectivity index (χ1) is 25.3. The predicted octanol–water partition coefficient (Wildman–Crippen LogP) is 14.1. The van der Waals surface area contributed by atoms with Gasteiger partial charge >= 0.3 is 12.4 Å². The van der Waals surface area contributed by atoms with Crippen LogP contribution in [0, 0.1) is 11.8 Å². The van der Waals surface area contributed by atoms with Crippen LogP contribution < -0.4 is 9.47 Å². The van der Waals surface area contributed by atoms with Gasteiger partial charge in [-0.3, -0.25) is 0 Å². The van der Waals surface area contributed by atoms with E-state index in [0.29, 0.717) is 21.7 Å². The summed E-state index contributed by atoms with van der Waals surface area (Å²) in [5.74, 6) is -2.62. The highest BCUT2D eigenvalue weighted by Gasteiger charge is 2.43. The van der Waals surface area contributed by atoms with E-state index in [2.05, 4.69) is 15.9 Å². The Bertz CT molecular complexity index is 1720. The van der Waals surface area contributed by atoms with E-state index in [1.165, 1.54) is 18.2 Å². The average molecular weight is 840 g/mol. The van der Waals surface area contributed by atoms with Crippen LogP contribution >= 0.6 is 15.9 Å². The van der Waals surface area contributed by atoms with Gasteiger partial charge in [0.15, 0.2) is 0 Å². The lowest BCUT2D eigenvalue weighted by atomic mass is 9.87. The highest BCUT2D eigenvalue weighted by atomic mass is 79.9. The summed E-state index contributed by atoms with van der Waals surface area (Å²) in [6, 6.07) is 16.5. The largest absolute Gasteiger partial charge is 0.490 e. The lowest BCUT2D eigenvalue weighted by Gasteiger charge is -2.30. The number of aliphatic hydroxyl groups is 1. The van der Waals surface area contributed by atoms with Crippen molar-refractivity contribution in [2.24, 2.45) is 11.8 Å². The monoisotopic (exact) mass is 838 g/mol. The van der Waals surface area contributed by atoms with Gasteiger partial charge in [0.1, 0.15) is 11.5 Å². The molecule has 0 bridgehead atoms. The number of ether oxygens (including phenoxy) is 2. The summed E-state index contributed by atoms with van der Waals surface area (Å²) < 4.78 is 143. The lowest BCUT2D eigenvalue weighted by Crippen LogP contribution is -2.32. The van der Waals surface area contributed by atoms with Gasteiger partial charge in [0.05, 0.1) is 41.3 Å². The van der Waals surface area contributed by atoms with Gasteiger partial charge in [-0.1, -0.05) is 52.3 Å². The second-order valence-electron chi connectivity index (χ2n) is 14.1. The van der Waals surface area contributed by atoms with Crippen LogP contribution in [-0.4, -0.2) is 29.7 Å². The van der Waals surface area contributed by atoms with Gasteiger partial charge in [0.25, 0.3) is 12.9 Å². The molecular weight excluding hydrogens is 798 g/mol. The SMILES string of the molecule is CC(Br)c1ccc2ccc(OC3CCC(C(F)(F)F)CC3)c(C(F)F)c2c1.CC(O)c1ccc2ccc(OC3CCC(C(F)(F)F)CC3)c(C(F)F)c2c1. The van der Waals surface area contributed by atoms with Gasteiger partial charge in [0, 0.05) is 4.83 Å². The van der Waals surface area contributed by atoms with Crippen molar-refractivity contribution < 1.29 is 58.5 Å². The molecule has 2 aliphatic carbocycles. The lowest BCUT2D eigenvalue weighted by molar-refractivity contribution is -0.186. The first-order valence-electron chi connectivity index (χ1n) is 17.8. The zero-order chi connectivity index (χ0) is 39.5. The quantitative estimate of drug-likeness (QED) is 0.142. The molecule has 2 saturated carbocycles. The molecule has 2 fully saturated rings. The molecular formula is C40H41BrF10O3. The Morgan fingerprint density at radius 3 is 1.26 bits per heavy atom. The highest BCUT2D eigenvalue weighted by molar-refractivity contribution is 9.09. The Morgan fingerprint density at radius 2 is 0.926 bits per heavy atom. The summed E-state index contributed by atoms with van der Waals surface area (Å²) >= 11 is 3.44. The summed E-state index contributed by atoms with van der Waals surface area (Å²) in [5, 5.41) is 11.7. The number of rotatable bonds is 8. The van der Waals surface area contributed by atoms with Crippen LogP contribution in [0.15, 0.2) is 60.7 Å². The third kappa shape index (κ3) is 10.1. The van der Waals surface area contributed by atoms with Gasteiger partial charge in [-0.25, -0.2) is 17.6 Å². The Labute approximate surface area is 315 Å². The number of alkyl halides is 11. The number of halogens is 11. The maximum absolute atomic E-state index is 13.8. The molecule has 0 aromatic heterocycles. The molecule has 0 heterocycles. The van der Waals surface area contributed by atoms with Crippen LogP contribution in [0.4, 0.5) is 43.9 Å². The summed E-state index contributed by atoms with van der Waals surface area (Å²) in [6.45, 7) is 3.45. The van der Waals surface area contributed by atoms with Crippen molar-refractivity contribution in [2.45, 2.75) is 114 Å². The molecule has 2 atom stereocenters. The molecule has 0 spiro atoms. The second-order valence-corrected chi connectivity index (χ2v) is 15.4. The van der Waals surface area contributed by atoms with Crippen molar-refractivity contribution >= 4 is 37.5 Å². The molecule has 14 heteroatoms. The smallest absolute Gasteiger partial charge is 0.391 e. The maximum Gasteiger partial charge on any atom is 0.391 e. The zero-order valence-corrected chi connectivity index (χ0v) is 31.1. The van der Waals surface area contributed by atoms with Gasteiger partial charge in [-0.15, -0.1) is 0 Å². The van der Waals surface area contributed by atoms with E-state index in [1.807, 2.05) is 13.0 Å². The Balaban J connectivity index is 0.000000208. The van der Waals surface area contributed by atoms with Crippen molar-refractivity contribution in [1.82, 2.24) is 0 Å². The fourth-order valence-corrected chi connectivity index (χ4v) is 7.50. The Hall–Kier alpha value is -3.26. The van der Waals surface area contributed by atoms with Crippen LogP contribution in [0.25, 0.3) is 21.5 Å². The molecule has 1 N–H and O–H groups in total. The summed E-state index contributed by atoms with van der Waals surface area (Å²) in [7, 11) is 0. The van der Waals surface area contributed by atoms with E-state index in [0.717, 1.165) is 5.56 Å². The number of hydrogen-bond donors (Lipinski definition) is 1. The predicted molar refractivity (Wildman–Crippen MR) is 191 cm³/mol. The topological polar surface area (TPSA) is 38.7 Å². The molecule has 54 heavy (non-hydrogen) atoms. The number of aliphatic hydroxyl groups excluding tert-OH is 1. The minimum atomic E-state index is -4.22. The van der Waals surface area contributed by atoms with Crippen molar-refractivity contribution in [3.63, 3.8) is 0 Å².